The fourth-order valence-electron chi connectivity index (χ4n) is 3.09. The van der Waals surface area contributed by atoms with Crippen molar-refractivity contribution in [1.82, 2.24) is 0 Å². The summed E-state index contributed by atoms with van der Waals surface area (Å²) >= 11 is 0. The van der Waals surface area contributed by atoms with Gasteiger partial charge in [-0.1, -0.05) is 60.7 Å². The first-order valence-electron chi connectivity index (χ1n) is 9.82. The van der Waals surface area contributed by atoms with Gasteiger partial charge in [0.15, 0.2) is 6.10 Å². The minimum Gasteiger partial charge on any atom is -0.479 e. The first kappa shape index (κ1) is 22.5. The van der Waals surface area contributed by atoms with Gasteiger partial charge in [0.25, 0.3) is 0 Å². The van der Waals surface area contributed by atoms with E-state index in [1.165, 1.54) is 18.2 Å². The number of carbonyl (C=O) groups is 1. The molecule has 1 N–H and O–H groups in total. The van der Waals surface area contributed by atoms with Crippen LogP contribution in [0.4, 0.5) is 0 Å². The number of hydrogen-bond acceptors (Lipinski definition) is 5. The third kappa shape index (κ3) is 5.93. The van der Waals surface area contributed by atoms with E-state index in [0.29, 0.717) is 5.56 Å². The summed E-state index contributed by atoms with van der Waals surface area (Å²) in [5.74, 6) is -1.05. The van der Waals surface area contributed by atoms with E-state index in [0.717, 1.165) is 11.1 Å². The standard InChI is InChI=1S/C24H24O6S/c1-17(2)29-23(24(25)26)16-20-10-6-7-11-22(20)30-31(27,28)21-14-12-19(13-15-21)18-8-4-3-5-9-18/h3-15,17,23H,16H2,1-2H3,(H,25,26). The number of aliphatic carboxylic acids is 1. The van der Waals surface area contributed by atoms with E-state index in [1.54, 1.807) is 44.2 Å². The van der Waals surface area contributed by atoms with E-state index < -0.39 is 22.2 Å². The molecule has 162 valence electrons. The summed E-state index contributed by atoms with van der Waals surface area (Å²) in [6, 6.07) is 22.5. The number of carboxylic acids is 1. The molecule has 0 amide bonds. The predicted octanol–water partition coefficient (Wildman–Crippen LogP) is 4.54. The molecule has 6 nitrogen and oxygen atoms in total. The molecule has 0 fully saturated rings. The maximum Gasteiger partial charge on any atom is 0.339 e. The van der Waals surface area contributed by atoms with Gasteiger partial charge in [0.2, 0.25) is 0 Å². The van der Waals surface area contributed by atoms with Gasteiger partial charge in [-0.3, -0.25) is 0 Å². The molecule has 31 heavy (non-hydrogen) atoms. The fourth-order valence-corrected chi connectivity index (χ4v) is 4.05. The van der Waals surface area contributed by atoms with Crippen LogP contribution in [0, 0.1) is 0 Å². The summed E-state index contributed by atoms with van der Waals surface area (Å²) in [5, 5.41) is 9.42. The lowest BCUT2D eigenvalue weighted by atomic mass is 10.1. The highest BCUT2D eigenvalue weighted by atomic mass is 32.2. The van der Waals surface area contributed by atoms with Gasteiger partial charge < -0.3 is 14.0 Å². The number of para-hydroxylation sites is 1. The maximum atomic E-state index is 12.8. The van der Waals surface area contributed by atoms with Crippen molar-refractivity contribution in [2.75, 3.05) is 0 Å². The second-order valence-corrected chi connectivity index (χ2v) is 8.80. The zero-order valence-corrected chi connectivity index (χ0v) is 18.1. The number of ether oxygens (including phenoxy) is 1. The van der Waals surface area contributed by atoms with Crippen molar-refractivity contribution in [3.63, 3.8) is 0 Å². The Morgan fingerprint density at radius 1 is 0.871 bits per heavy atom. The lowest BCUT2D eigenvalue weighted by molar-refractivity contribution is -0.153. The molecule has 0 bridgehead atoms. The predicted molar refractivity (Wildman–Crippen MR) is 117 cm³/mol. The van der Waals surface area contributed by atoms with Crippen LogP contribution in [0.5, 0.6) is 5.75 Å². The van der Waals surface area contributed by atoms with Gasteiger partial charge in [0.1, 0.15) is 10.6 Å². The first-order chi connectivity index (χ1) is 14.8. The zero-order valence-electron chi connectivity index (χ0n) is 17.3. The number of carboxylic acid groups (broad SMARTS) is 1. The third-order valence-corrected chi connectivity index (χ3v) is 5.79. The molecule has 1 atom stereocenters. The van der Waals surface area contributed by atoms with Gasteiger partial charge in [-0.25, -0.2) is 4.79 Å². The van der Waals surface area contributed by atoms with Crippen molar-refractivity contribution in [3.05, 3.63) is 84.4 Å². The van der Waals surface area contributed by atoms with Gasteiger partial charge in [-0.05, 0) is 48.7 Å². The van der Waals surface area contributed by atoms with Gasteiger partial charge >= 0.3 is 16.1 Å². The van der Waals surface area contributed by atoms with E-state index in [-0.39, 0.29) is 23.2 Å². The number of hydrogen-bond donors (Lipinski definition) is 1. The molecule has 3 aromatic rings. The second kappa shape index (κ2) is 9.76. The summed E-state index contributed by atoms with van der Waals surface area (Å²) in [6.45, 7) is 3.48. The first-order valence-corrected chi connectivity index (χ1v) is 11.2. The van der Waals surface area contributed by atoms with E-state index >= 15 is 0 Å². The Kier molecular flexibility index (Phi) is 7.09. The van der Waals surface area contributed by atoms with Crippen molar-refractivity contribution >= 4 is 16.1 Å². The molecule has 0 spiro atoms. The molecule has 7 heteroatoms. The Morgan fingerprint density at radius 2 is 1.45 bits per heavy atom. The highest BCUT2D eigenvalue weighted by molar-refractivity contribution is 7.87. The normalized spacial score (nSPS) is 12.5. The molecular formula is C24H24O6S. The Bertz CT molecular complexity index is 1120. The van der Waals surface area contributed by atoms with Gasteiger partial charge in [0, 0.05) is 6.42 Å². The van der Waals surface area contributed by atoms with Crippen LogP contribution < -0.4 is 4.18 Å². The van der Waals surface area contributed by atoms with Gasteiger partial charge in [-0.2, -0.15) is 8.42 Å². The fraction of sp³-hybridized carbons (Fsp3) is 0.208. The van der Waals surface area contributed by atoms with E-state index in [1.807, 2.05) is 30.3 Å². The molecule has 0 heterocycles. The SMILES string of the molecule is CC(C)OC(Cc1ccccc1OS(=O)(=O)c1ccc(-c2ccccc2)cc1)C(=O)O. The Hall–Kier alpha value is -3.16. The van der Waals surface area contributed by atoms with Gasteiger partial charge in [0.05, 0.1) is 6.10 Å². The highest BCUT2D eigenvalue weighted by Gasteiger charge is 2.24. The molecule has 3 rings (SSSR count). The average Bonchev–Trinajstić information content (AvgIpc) is 2.75. The van der Waals surface area contributed by atoms with Crippen LogP contribution in [-0.2, 0) is 26.1 Å². The summed E-state index contributed by atoms with van der Waals surface area (Å²) in [6.07, 6.45) is -1.43. The molecular weight excluding hydrogens is 416 g/mol. The molecule has 0 aliphatic heterocycles. The lowest BCUT2D eigenvalue weighted by Gasteiger charge is -2.18. The largest absolute Gasteiger partial charge is 0.479 e. The third-order valence-electron chi connectivity index (χ3n) is 4.54. The van der Waals surface area contributed by atoms with Crippen LogP contribution in [0.3, 0.4) is 0 Å². The molecule has 0 aliphatic carbocycles. The van der Waals surface area contributed by atoms with Crippen LogP contribution in [-0.4, -0.2) is 31.7 Å². The zero-order chi connectivity index (χ0) is 22.4. The lowest BCUT2D eigenvalue weighted by Crippen LogP contribution is -2.29. The molecule has 0 aliphatic rings. The summed E-state index contributed by atoms with van der Waals surface area (Å²) < 4.78 is 36.5. The number of benzene rings is 3. The van der Waals surface area contributed by atoms with Crippen LogP contribution in [0.15, 0.2) is 83.8 Å². The van der Waals surface area contributed by atoms with Crippen LogP contribution in [0.25, 0.3) is 11.1 Å². The molecule has 3 aromatic carbocycles. The summed E-state index contributed by atoms with van der Waals surface area (Å²) in [4.78, 5) is 11.5. The second-order valence-electron chi connectivity index (χ2n) is 7.25. The minimum atomic E-state index is -4.10. The minimum absolute atomic E-state index is 0.00944. The van der Waals surface area contributed by atoms with E-state index in [4.69, 9.17) is 8.92 Å². The van der Waals surface area contributed by atoms with Crippen molar-refractivity contribution < 1.29 is 27.2 Å². The number of rotatable bonds is 9. The topological polar surface area (TPSA) is 89.9 Å². The molecule has 0 saturated carbocycles. The summed E-state index contributed by atoms with van der Waals surface area (Å²) in [7, 11) is -4.10. The summed E-state index contributed by atoms with van der Waals surface area (Å²) in [5.41, 5.74) is 2.29. The van der Waals surface area contributed by atoms with Crippen LogP contribution in [0.2, 0.25) is 0 Å². The highest BCUT2D eigenvalue weighted by Crippen LogP contribution is 2.27. The van der Waals surface area contributed by atoms with Crippen LogP contribution in [0.1, 0.15) is 19.4 Å². The molecule has 0 aromatic heterocycles. The molecule has 0 saturated heterocycles. The van der Waals surface area contributed by atoms with E-state index in [9.17, 15) is 18.3 Å². The molecule has 0 radical (unpaired) electrons. The smallest absolute Gasteiger partial charge is 0.339 e. The van der Waals surface area contributed by atoms with Gasteiger partial charge in [-0.15, -0.1) is 0 Å². The van der Waals surface area contributed by atoms with Crippen molar-refractivity contribution in [1.29, 1.82) is 0 Å². The van der Waals surface area contributed by atoms with Crippen molar-refractivity contribution in [2.24, 2.45) is 0 Å². The Balaban J connectivity index is 1.82. The Labute approximate surface area is 182 Å². The van der Waals surface area contributed by atoms with Crippen molar-refractivity contribution in [2.45, 2.75) is 37.4 Å². The Morgan fingerprint density at radius 3 is 2.06 bits per heavy atom. The van der Waals surface area contributed by atoms with Crippen molar-refractivity contribution in [3.8, 4) is 16.9 Å². The average molecular weight is 441 g/mol. The quantitative estimate of drug-likeness (QED) is 0.491. The van der Waals surface area contributed by atoms with Crippen LogP contribution >= 0.6 is 0 Å². The monoisotopic (exact) mass is 440 g/mol. The maximum absolute atomic E-state index is 12.8. The van der Waals surface area contributed by atoms with E-state index in [2.05, 4.69) is 0 Å². The molecule has 1 unspecified atom stereocenters.